The van der Waals surface area contributed by atoms with E-state index in [1.807, 2.05) is 18.3 Å². The van der Waals surface area contributed by atoms with Crippen LogP contribution in [0.15, 0.2) is 55.0 Å². The largest absolute Gasteiger partial charge is 0.265 e. The molecule has 2 aromatic heterocycles. The molecular formula is C15H12N2S. The molecule has 0 radical (unpaired) electrons. The molecule has 3 aromatic rings. The summed E-state index contributed by atoms with van der Waals surface area (Å²) >= 11 is 1.71. The molecule has 0 saturated heterocycles. The second-order valence-electron chi connectivity index (χ2n) is 4.13. The van der Waals surface area contributed by atoms with E-state index in [9.17, 15) is 0 Å². The highest BCUT2D eigenvalue weighted by Gasteiger charge is 2.05. The summed E-state index contributed by atoms with van der Waals surface area (Å²) in [5, 5.41) is 1.04. The molecule has 0 atom stereocenters. The highest BCUT2D eigenvalue weighted by atomic mass is 32.1. The van der Waals surface area contributed by atoms with Crippen molar-refractivity contribution in [1.82, 2.24) is 9.97 Å². The van der Waals surface area contributed by atoms with E-state index in [-0.39, 0.29) is 0 Å². The Morgan fingerprint density at radius 2 is 1.61 bits per heavy atom. The van der Waals surface area contributed by atoms with Crippen LogP contribution in [0, 0.1) is 6.92 Å². The molecule has 0 N–H and O–H groups in total. The smallest absolute Gasteiger partial charge is 0.123 e. The van der Waals surface area contributed by atoms with Crippen molar-refractivity contribution in [1.29, 1.82) is 0 Å². The molecule has 0 aliphatic carbocycles. The van der Waals surface area contributed by atoms with Gasteiger partial charge in [0.05, 0.1) is 4.88 Å². The minimum absolute atomic E-state index is 1.04. The molecule has 0 aliphatic rings. The van der Waals surface area contributed by atoms with Gasteiger partial charge in [-0.1, -0.05) is 29.8 Å². The molecule has 3 heteroatoms. The lowest BCUT2D eigenvalue weighted by atomic mass is 10.1. The van der Waals surface area contributed by atoms with E-state index in [2.05, 4.69) is 41.2 Å². The normalized spacial score (nSPS) is 10.5. The highest BCUT2D eigenvalue weighted by Crippen LogP contribution is 2.31. The van der Waals surface area contributed by atoms with Crippen LogP contribution in [0.5, 0.6) is 0 Å². The van der Waals surface area contributed by atoms with Gasteiger partial charge < -0.3 is 0 Å². The molecule has 0 spiro atoms. The summed E-state index contributed by atoms with van der Waals surface area (Å²) in [6.07, 6.45) is 5.52. The fraction of sp³-hybridized carbons (Fsp3) is 0.0667. The maximum absolute atomic E-state index is 4.48. The Morgan fingerprint density at radius 1 is 0.889 bits per heavy atom. The highest BCUT2D eigenvalue weighted by molar-refractivity contribution is 7.18. The van der Waals surface area contributed by atoms with Crippen LogP contribution in [0.1, 0.15) is 5.56 Å². The predicted molar refractivity (Wildman–Crippen MR) is 75.5 cm³/mol. The Labute approximate surface area is 110 Å². The maximum atomic E-state index is 4.48. The van der Waals surface area contributed by atoms with Crippen LogP contribution in [0.25, 0.3) is 21.0 Å². The summed E-state index contributed by atoms with van der Waals surface area (Å²) in [4.78, 5) is 9.69. The van der Waals surface area contributed by atoms with E-state index in [4.69, 9.17) is 0 Å². The summed E-state index contributed by atoms with van der Waals surface area (Å²) in [5.41, 5.74) is 3.62. The van der Waals surface area contributed by atoms with Crippen molar-refractivity contribution < 1.29 is 0 Å². The Bertz CT molecular complexity index is 642. The van der Waals surface area contributed by atoms with Gasteiger partial charge >= 0.3 is 0 Å². The van der Waals surface area contributed by atoms with Crippen molar-refractivity contribution >= 4 is 11.3 Å². The molecule has 0 unspecified atom stereocenters. The Hall–Kier alpha value is -2.00. The lowest BCUT2D eigenvalue weighted by molar-refractivity contribution is 1.32. The van der Waals surface area contributed by atoms with E-state index in [0.717, 1.165) is 10.6 Å². The van der Waals surface area contributed by atoms with Crippen molar-refractivity contribution in [3.63, 3.8) is 0 Å². The number of hydrogen-bond acceptors (Lipinski definition) is 3. The second kappa shape index (κ2) is 4.70. The molecular weight excluding hydrogens is 240 g/mol. The number of hydrogen-bond donors (Lipinski definition) is 0. The van der Waals surface area contributed by atoms with E-state index in [1.54, 1.807) is 23.7 Å². The lowest BCUT2D eigenvalue weighted by Crippen LogP contribution is -1.74. The van der Waals surface area contributed by atoms with Crippen molar-refractivity contribution in [3.8, 4) is 21.0 Å². The second-order valence-corrected chi connectivity index (χ2v) is 5.16. The van der Waals surface area contributed by atoms with Gasteiger partial charge in [-0.2, -0.15) is 0 Å². The van der Waals surface area contributed by atoms with Gasteiger partial charge in [0, 0.05) is 24.2 Å². The zero-order valence-electron chi connectivity index (χ0n) is 10.00. The van der Waals surface area contributed by atoms with Gasteiger partial charge in [0.25, 0.3) is 0 Å². The van der Waals surface area contributed by atoms with Crippen LogP contribution in [0.3, 0.4) is 0 Å². The molecule has 88 valence electrons. The molecule has 3 rings (SSSR count). The minimum Gasteiger partial charge on any atom is -0.265 e. The molecule has 0 amide bonds. The van der Waals surface area contributed by atoms with Crippen LogP contribution in [0.2, 0.25) is 0 Å². The predicted octanol–water partition coefficient (Wildman–Crippen LogP) is 4.18. The van der Waals surface area contributed by atoms with Gasteiger partial charge in [-0.25, -0.2) is 4.98 Å². The van der Waals surface area contributed by atoms with Crippen molar-refractivity contribution in [2.75, 3.05) is 0 Å². The third-order valence-electron chi connectivity index (χ3n) is 2.77. The fourth-order valence-corrected chi connectivity index (χ4v) is 2.68. The lowest BCUT2D eigenvalue weighted by Gasteiger charge is -1.97. The van der Waals surface area contributed by atoms with Crippen molar-refractivity contribution in [2.45, 2.75) is 6.92 Å². The average molecular weight is 252 g/mol. The van der Waals surface area contributed by atoms with Gasteiger partial charge in [-0.3, -0.25) is 4.98 Å². The average Bonchev–Trinajstić information content (AvgIpc) is 2.90. The molecule has 2 heterocycles. The third kappa shape index (κ3) is 2.17. The monoisotopic (exact) mass is 252 g/mol. The summed E-state index contributed by atoms with van der Waals surface area (Å²) in [7, 11) is 0. The van der Waals surface area contributed by atoms with Crippen LogP contribution < -0.4 is 0 Å². The summed E-state index contributed by atoms with van der Waals surface area (Å²) in [6, 6.07) is 12.5. The molecule has 2 nitrogen and oxygen atoms in total. The number of benzene rings is 1. The van der Waals surface area contributed by atoms with E-state index < -0.39 is 0 Å². The number of thiazole rings is 1. The summed E-state index contributed by atoms with van der Waals surface area (Å²) < 4.78 is 0. The maximum Gasteiger partial charge on any atom is 0.123 e. The third-order valence-corrected chi connectivity index (χ3v) is 3.86. The Kier molecular flexibility index (Phi) is 2.90. The van der Waals surface area contributed by atoms with E-state index in [1.165, 1.54) is 16.0 Å². The molecule has 0 aliphatic heterocycles. The quantitative estimate of drug-likeness (QED) is 0.683. The van der Waals surface area contributed by atoms with Gasteiger partial charge in [0.2, 0.25) is 0 Å². The molecule has 0 saturated carbocycles. The van der Waals surface area contributed by atoms with Gasteiger partial charge in [-0.15, -0.1) is 11.3 Å². The molecule has 0 fully saturated rings. The topological polar surface area (TPSA) is 25.8 Å². The van der Waals surface area contributed by atoms with E-state index >= 15 is 0 Å². The fourth-order valence-electron chi connectivity index (χ4n) is 1.75. The zero-order valence-corrected chi connectivity index (χ0v) is 10.8. The molecule has 18 heavy (non-hydrogen) atoms. The molecule has 1 aromatic carbocycles. The van der Waals surface area contributed by atoms with Gasteiger partial charge in [-0.05, 0) is 24.6 Å². The van der Waals surface area contributed by atoms with Crippen LogP contribution >= 0.6 is 11.3 Å². The first kappa shape index (κ1) is 11.1. The van der Waals surface area contributed by atoms with Gasteiger partial charge in [0.1, 0.15) is 5.01 Å². The SMILES string of the molecule is Cc1ccc(-c2cnc(-c3ccncc3)s2)cc1. The van der Waals surface area contributed by atoms with Crippen molar-refractivity contribution in [2.24, 2.45) is 0 Å². The summed E-state index contributed by atoms with van der Waals surface area (Å²) in [6.45, 7) is 2.10. The molecule has 0 bridgehead atoms. The van der Waals surface area contributed by atoms with Crippen LogP contribution in [-0.2, 0) is 0 Å². The number of nitrogens with zero attached hydrogens (tertiary/aromatic N) is 2. The van der Waals surface area contributed by atoms with Crippen LogP contribution in [-0.4, -0.2) is 9.97 Å². The number of rotatable bonds is 2. The minimum atomic E-state index is 1.04. The zero-order chi connectivity index (χ0) is 12.4. The number of pyridine rings is 1. The van der Waals surface area contributed by atoms with Crippen molar-refractivity contribution in [3.05, 3.63) is 60.6 Å². The van der Waals surface area contributed by atoms with E-state index in [0.29, 0.717) is 0 Å². The number of aryl methyl sites for hydroxylation is 1. The van der Waals surface area contributed by atoms with Gasteiger partial charge in [0.15, 0.2) is 0 Å². The standard InChI is InChI=1S/C15H12N2S/c1-11-2-4-12(5-3-11)14-10-17-15(18-14)13-6-8-16-9-7-13/h2-10H,1H3. The number of aromatic nitrogens is 2. The van der Waals surface area contributed by atoms with Crippen LogP contribution in [0.4, 0.5) is 0 Å². The Balaban J connectivity index is 1.97. The summed E-state index contributed by atoms with van der Waals surface area (Å²) in [5.74, 6) is 0. The first-order chi connectivity index (χ1) is 8.83. The first-order valence-corrected chi connectivity index (χ1v) is 6.58. The first-order valence-electron chi connectivity index (χ1n) is 5.76. The Morgan fingerprint density at radius 3 is 2.33 bits per heavy atom.